The largest absolute Gasteiger partial charge is 0.496 e. The fraction of sp³-hybridized carbons (Fsp3) is 0.200. The van der Waals surface area contributed by atoms with Crippen molar-refractivity contribution in [3.63, 3.8) is 0 Å². The van der Waals surface area contributed by atoms with E-state index in [9.17, 15) is 5.11 Å². The first-order valence-electron chi connectivity index (χ1n) is 6.00. The van der Waals surface area contributed by atoms with Gasteiger partial charge in [0.1, 0.15) is 5.75 Å². The number of anilines is 1. The number of thioether (sulfide) groups is 1. The summed E-state index contributed by atoms with van der Waals surface area (Å²) in [4.78, 5) is 1.03. The van der Waals surface area contributed by atoms with Crippen LogP contribution in [0.25, 0.3) is 0 Å². The highest BCUT2D eigenvalue weighted by Crippen LogP contribution is 2.31. The fourth-order valence-corrected chi connectivity index (χ4v) is 2.72. The van der Waals surface area contributed by atoms with E-state index in [-0.39, 0.29) is 0 Å². The highest BCUT2D eigenvalue weighted by atomic mass is 32.2. The first kappa shape index (κ1) is 13.8. The van der Waals surface area contributed by atoms with Crippen molar-refractivity contribution in [2.24, 2.45) is 0 Å². The molecule has 0 amide bonds. The molecular weight excluding hydrogens is 258 g/mol. The van der Waals surface area contributed by atoms with Crippen molar-refractivity contribution in [1.29, 1.82) is 0 Å². The van der Waals surface area contributed by atoms with Crippen LogP contribution in [-0.4, -0.2) is 18.0 Å². The van der Waals surface area contributed by atoms with Gasteiger partial charge in [-0.1, -0.05) is 24.3 Å². The van der Waals surface area contributed by atoms with Gasteiger partial charge in [-0.15, -0.1) is 11.8 Å². The Morgan fingerprint density at radius 1 is 1.16 bits per heavy atom. The monoisotopic (exact) mass is 275 g/mol. The summed E-state index contributed by atoms with van der Waals surface area (Å²) in [5.41, 5.74) is 7.20. The quantitative estimate of drug-likeness (QED) is 0.650. The number of methoxy groups -OCH3 is 1. The number of ether oxygens (including phenoxy) is 1. The Morgan fingerprint density at radius 3 is 2.53 bits per heavy atom. The molecule has 0 saturated heterocycles. The van der Waals surface area contributed by atoms with Gasteiger partial charge in [0, 0.05) is 16.3 Å². The van der Waals surface area contributed by atoms with Crippen LogP contribution in [0, 0.1) is 0 Å². The van der Waals surface area contributed by atoms with Gasteiger partial charge in [0.15, 0.2) is 0 Å². The standard InChI is InChI=1S/C15H17NO2S/c1-18-14-4-2-3-5-15(14)19-10-13(17)11-6-8-12(16)9-7-11/h2-9,13,17H,10,16H2,1H3. The molecule has 3 N–H and O–H groups in total. The van der Waals surface area contributed by atoms with Crippen LogP contribution in [0.4, 0.5) is 5.69 Å². The highest BCUT2D eigenvalue weighted by molar-refractivity contribution is 7.99. The molecule has 3 nitrogen and oxygen atoms in total. The van der Waals surface area contributed by atoms with Gasteiger partial charge in [-0.3, -0.25) is 0 Å². The van der Waals surface area contributed by atoms with E-state index in [1.807, 2.05) is 36.4 Å². The van der Waals surface area contributed by atoms with Crippen LogP contribution in [0.2, 0.25) is 0 Å². The SMILES string of the molecule is COc1ccccc1SCC(O)c1ccc(N)cc1. The lowest BCUT2D eigenvalue weighted by molar-refractivity contribution is 0.204. The van der Waals surface area contributed by atoms with Crippen LogP contribution in [-0.2, 0) is 0 Å². The van der Waals surface area contributed by atoms with Crippen LogP contribution < -0.4 is 10.5 Å². The lowest BCUT2D eigenvalue weighted by atomic mass is 10.1. The number of rotatable bonds is 5. The second-order valence-electron chi connectivity index (χ2n) is 4.14. The Kier molecular flexibility index (Phi) is 4.71. The number of aliphatic hydroxyl groups excluding tert-OH is 1. The third-order valence-corrected chi connectivity index (χ3v) is 3.92. The molecule has 100 valence electrons. The smallest absolute Gasteiger partial charge is 0.132 e. The van der Waals surface area contributed by atoms with Crippen LogP contribution in [0.15, 0.2) is 53.4 Å². The highest BCUT2D eigenvalue weighted by Gasteiger charge is 2.10. The van der Waals surface area contributed by atoms with E-state index in [4.69, 9.17) is 10.5 Å². The minimum absolute atomic E-state index is 0.518. The van der Waals surface area contributed by atoms with Crippen LogP contribution in [0.3, 0.4) is 0 Å². The summed E-state index contributed by atoms with van der Waals surface area (Å²) in [5, 5.41) is 10.1. The summed E-state index contributed by atoms with van der Waals surface area (Å²) in [6.45, 7) is 0. The minimum Gasteiger partial charge on any atom is -0.496 e. The summed E-state index contributed by atoms with van der Waals surface area (Å²) in [7, 11) is 1.65. The molecule has 4 heteroatoms. The summed E-state index contributed by atoms with van der Waals surface area (Å²) < 4.78 is 5.28. The number of benzene rings is 2. The molecule has 0 radical (unpaired) electrons. The van der Waals surface area contributed by atoms with Crippen molar-refractivity contribution in [3.05, 3.63) is 54.1 Å². The first-order chi connectivity index (χ1) is 9.20. The van der Waals surface area contributed by atoms with Crippen LogP contribution in [0.1, 0.15) is 11.7 Å². The summed E-state index contributed by atoms with van der Waals surface area (Å²) in [6, 6.07) is 15.1. The Balaban J connectivity index is 2.00. The van der Waals surface area contributed by atoms with Crippen molar-refractivity contribution >= 4 is 17.4 Å². The van der Waals surface area contributed by atoms with Crippen LogP contribution in [0.5, 0.6) is 5.75 Å². The van der Waals surface area contributed by atoms with Gasteiger partial charge in [0.25, 0.3) is 0 Å². The first-order valence-corrected chi connectivity index (χ1v) is 6.98. The molecule has 2 aromatic rings. The predicted molar refractivity (Wildman–Crippen MR) is 79.5 cm³/mol. The maximum atomic E-state index is 10.1. The molecule has 2 aromatic carbocycles. The lowest BCUT2D eigenvalue weighted by Gasteiger charge is -2.12. The molecule has 0 bridgehead atoms. The molecule has 0 aliphatic rings. The normalized spacial score (nSPS) is 12.1. The number of nitrogens with two attached hydrogens (primary N) is 1. The zero-order valence-corrected chi connectivity index (χ0v) is 11.6. The number of aliphatic hydroxyl groups is 1. The molecule has 0 heterocycles. The van der Waals surface area contributed by atoms with Crippen molar-refractivity contribution in [1.82, 2.24) is 0 Å². The van der Waals surface area contributed by atoms with Gasteiger partial charge < -0.3 is 15.6 Å². The van der Waals surface area contributed by atoms with E-state index in [0.717, 1.165) is 16.2 Å². The number of hydrogen-bond donors (Lipinski definition) is 2. The van der Waals surface area contributed by atoms with Gasteiger partial charge in [-0.05, 0) is 29.8 Å². The van der Waals surface area contributed by atoms with E-state index in [1.54, 1.807) is 31.0 Å². The predicted octanol–water partition coefficient (Wildman–Crippen LogP) is 3.10. The van der Waals surface area contributed by atoms with Crippen molar-refractivity contribution in [2.45, 2.75) is 11.0 Å². The molecule has 0 aromatic heterocycles. The van der Waals surface area contributed by atoms with Crippen molar-refractivity contribution in [3.8, 4) is 5.75 Å². The van der Waals surface area contributed by atoms with E-state index in [2.05, 4.69) is 0 Å². The van der Waals surface area contributed by atoms with E-state index in [0.29, 0.717) is 11.4 Å². The van der Waals surface area contributed by atoms with Gasteiger partial charge in [-0.2, -0.15) is 0 Å². The average molecular weight is 275 g/mol. The minimum atomic E-state index is -0.518. The molecule has 0 spiro atoms. The van der Waals surface area contributed by atoms with Crippen molar-refractivity contribution < 1.29 is 9.84 Å². The molecule has 0 aliphatic heterocycles. The fourth-order valence-electron chi connectivity index (χ4n) is 1.72. The summed E-state index contributed by atoms with van der Waals surface area (Å²) >= 11 is 1.57. The van der Waals surface area contributed by atoms with Crippen LogP contribution >= 0.6 is 11.8 Å². The zero-order valence-electron chi connectivity index (χ0n) is 10.7. The molecule has 0 fully saturated rings. The molecule has 19 heavy (non-hydrogen) atoms. The molecule has 1 unspecified atom stereocenters. The second-order valence-corrected chi connectivity index (χ2v) is 5.21. The van der Waals surface area contributed by atoms with Gasteiger partial charge in [0.05, 0.1) is 13.2 Å². The third kappa shape index (κ3) is 3.66. The molecular formula is C15H17NO2S. The zero-order chi connectivity index (χ0) is 13.7. The summed E-state index contributed by atoms with van der Waals surface area (Å²) in [6.07, 6.45) is -0.518. The van der Waals surface area contributed by atoms with E-state index >= 15 is 0 Å². The summed E-state index contributed by atoms with van der Waals surface area (Å²) in [5.74, 6) is 1.40. The Bertz CT molecular complexity index is 528. The number of para-hydroxylation sites is 1. The third-order valence-electron chi connectivity index (χ3n) is 2.79. The topological polar surface area (TPSA) is 55.5 Å². The van der Waals surface area contributed by atoms with Crippen molar-refractivity contribution in [2.75, 3.05) is 18.6 Å². The molecule has 2 rings (SSSR count). The second kappa shape index (κ2) is 6.50. The Morgan fingerprint density at radius 2 is 1.84 bits per heavy atom. The molecule has 0 saturated carbocycles. The van der Waals surface area contributed by atoms with Gasteiger partial charge in [-0.25, -0.2) is 0 Å². The lowest BCUT2D eigenvalue weighted by Crippen LogP contribution is -2.01. The Hall–Kier alpha value is -1.65. The maximum Gasteiger partial charge on any atom is 0.132 e. The average Bonchev–Trinajstić information content (AvgIpc) is 2.45. The molecule has 0 aliphatic carbocycles. The van der Waals surface area contributed by atoms with Gasteiger partial charge >= 0.3 is 0 Å². The Labute approximate surface area is 117 Å². The van der Waals surface area contributed by atoms with E-state index < -0.39 is 6.10 Å². The maximum absolute atomic E-state index is 10.1. The van der Waals surface area contributed by atoms with E-state index in [1.165, 1.54) is 0 Å². The van der Waals surface area contributed by atoms with Gasteiger partial charge in [0.2, 0.25) is 0 Å². The molecule has 1 atom stereocenters. The number of hydrogen-bond acceptors (Lipinski definition) is 4. The number of nitrogen functional groups attached to an aromatic ring is 1.